The number of halogens is 1. The van der Waals surface area contributed by atoms with Gasteiger partial charge in [0.25, 0.3) is 5.91 Å². The number of carbonyl (C=O) groups is 1. The molecule has 2 aliphatic heterocycles. The molecule has 3 aromatic rings. The van der Waals surface area contributed by atoms with Gasteiger partial charge in [-0.25, -0.2) is 4.99 Å². The van der Waals surface area contributed by atoms with E-state index in [1.807, 2.05) is 42.5 Å². The molecule has 1 amide bonds. The van der Waals surface area contributed by atoms with Gasteiger partial charge in [0.05, 0.1) is 18.3 Å². The number of hydrogen-bond acceptors (Lipinski definition) is 7. The fourth-order valence-corrected chi connectivity index (χ4v) is 4.06. The lowest BCUT2D eigenvalue weighted by molar-refractivity contribution is 0.0995. The van der Waals surface area contributed by atoms with Gasteiger partial charge in [-0.15, -0.1) is 5.10 Å². The zero-order valence-corrected chi connectivity index (χ0v) is 18.1. The topological polar surface area (TPSA) is 102 Å². The van der Waals surface area contributed by atoms with Crippen LogP contribution >= 0.6 is 11.6 Å². The summed E-state index contributed by atoms with van der Waals surface area (Å²) in [5, 5.41) is 8.39. The Balaban J connectivity index is 1.30. The average molecular weight is 452 g/mol. The molecule has 0 spiro atoms. The molecular formula is C22H22ClN7O2. The number of ether oxygens (including phenoxy) is 1. The van der Waals surface area contributed by atoms with Crippen LogP contribution in [0.4, 0.5) is 5.69 Å². The van der Waals surface area contributed by atoms with Crippen molar-refractivity contribution < 1.29 is 9.53 Å². The van der Waals surface area contributed by atoms with Crippen molar-refractivity contribution >= 4 is 29.0 Å². The third-order valence-corrected chi connectivity index (χ3v) is 5.84. The molecule has 0 saturated carbocycles. The summed E-state index contributed by atoms with van der Waals surface area (Å²) in [5.74, 6) is 1.78. The Morgan fingerprint density at radius 2 is 1.88 bits per heavy atom. The van der Waals surface area contributed by atoms with Crippen LogP contribution in [0.3, 0.4) is 0 Å². The van der Waals surface area contributed by atoms with E-state index in [0.29, 0.717) is 11.6 Å². The van der Waals surface area contributed by atoms with Crippen LogP contribution in [0.15, 0.2) is 53.7 Å². The molecule has 32 heavy (non-hydrogen) atoms. The van der Waals surface area contributed by atoms with Crippen LogP contribution in [0.5, 0.6) is 11.5 Å². The largest absolute Gasteiger partial charge is 0.454 e. The van der Waals surface area contributed by atoms with E-state index < -0.39 is 5.91 Å². The minimum Gasteiger partial charge on any atom is -0.454 e. The second kappa shape index (κ2) is 8.60. The van der Waals surface area contributed by atoms with Gasteiger partial charge in [0.15, 0.2) is 11.4 Å². The summed E-state index contributed by atoms with van der Waals surface area (Å²) in [6, 6.07) is 13.4. The highest BCUT2D eigenvalue weighted by molar-refractivity contribution is 6.31. The molecule has 0 aliphatic carbocycles. The minimum absolute atomic E-state index is 0.182. The monoisotopic (exact) mass is 451 g/mol. The van der Waals surface area contributed by atoms with Crippen molar-refractivity contribution in [2.24, 2.45) is 10.7 Å². The average Bonchev–Trinajstić information content (AvgIpc) is 3.22. The number of aliphatic imine (C=N–C) groups is 1. The molecule has 0 unspecified atom stereocenters. The number of piperazine rings is 1. The zero-order chi connectivity index (χ0) is 22.1. The number of hydrogen-bond donors (Lipinski definition) is 1. The summed E-state index contributed by atoms with van der Waals surface area (Å²) in [6.07, 6.45) is 1.58. The molecule has 1 saturated heterocycles. The SMILES string of the molecule is NC(=O)c1cn(CCN2CCN(C3=Nc4ccccc4Oc4ccc(Cl)cc43)CC2)nn1. The molecule has 9 nitrogen and oxygen atoms in total. The van der Waals surface area contributed by atoms with Gasteiger partial charge in [-0.3, -0.25) is 14.4 Å². The van der Waals surface area contributed by atoms with E-state index in [4.69, 9.17) is 27.1 Å². The fraction of sp³-hybridized carbons (Fsp3) is 0.273. The maximum Gasteiger partial charge on any atom is 0.270 e. The highest BCUT2D eigenvalue weighted by Crippen LogP contribution is 2.38. The van der Waals surface area contributed by atoms with Gasteiger partial charge >= 0.3 is 0 Å². The Kier molecular flexibility index (Phi) is 5.50. The van der Waals surface area contributed by atoms with E-state index in [9.17, 15) is 4.79 Å². The predicted octanol–water partition coefficient (Wildman–Crippen LogP) is 2.53. The standard InChI is InChI=1S/C22H22ClN7O2/c23-15-5-6-19-16(13-15)22(25-17-3-1-2-4-20(17)32-19)29-10-7-28(8-11-29)9-12-30-14-18(21(24)31)26-27-30/h1-6,13-14H,7-12H2,(H2,24,31). The molecule has 0 bridgehead atoms. The third-order valence-electron chi connectivity index (χ3n) is 5.60. The number of carbonyl (C=O) groups excluding carboxylic acids is 1. The lowest BCUT2D eigenvalue weighted by atomic mass is 10.1. The lowest BCUT2D eigenvalue weighted by Gasteiger charge is -2.36. The van der Waals surface area contributed by atoms with Crippen molar-refractivity contribution in [1.29, 1.82) is 0 Å². The van der Waals surface area contributed by atoms with Gasteiger partial charge in [-0.1, -0.05) is 28.9 Å². The van der Waals surface area contributed by atoms with Crippen molar-refractivity contribution in [3.63, 3.8) is 0 Å². The highest BCUT2D eigenvalue weighted by Gasteiger charge is 2.26. The number of fused-ring (bicyclic) bond motifs is 2. The first-order chi connectivity index (χ1) is 15.6. The summed E-state index contributed by atoms with van der Waals surface area (Å²) >= 11 is 6.31. The quantitative estimate of drug-likeness (QED) is 0.654. The first-order valence-electron chi connectivity index (χ1n) is 10.4. The summed E-state index contributed by atoms with van der Waals surface area (Å²) in [6.45, 7) is 4.81. The van der Waals surface area contributed by atoms with E-state index >= 15 is 0 Å². The van der Waals surface area contributed by atoms with Crippen LogP contribution in [0.1, 0.15) is 16.1 Å². The number of nitrogens with zero attached hydrogens (tertiary/aromatic N) is 6. The first-order valence-corrected chi connectivity index (χ1v) is 10.8. The van der Waals surface area contributed by atoms with E-state index in [2.05, 4.69) is 20.1 Å². The number of amides is 1. The Hall–Kier alpha value is -3.43. The maximum absolute atomic E-state index is 11.2. The summed E-state index contributed by atoms with van der Waals surface area (Å²) in [7, 11) is 0. The Labute approximate surface area is 190 Å². The molecule has 5 rings (SSSR count). The smallest absolute Gasteiger partial charge is 0.270 e. The number of aromatic nitrogens is 3. The van der Waals surface area contributed by atoms with E-state index in [-0.39, 0.29) is 5.69 Å². The third kappa shape index (κ3) is 4.17. The minimum atomic E-state index is -0.569. The van der Waals surface area contributed by atoms with E-state index in [0.717, 1.165) is 61.3 Å². The van der Waals surface area contributed by atoms with Gasteiger partial charge in [-0.05, 0) is 30.3 Å². The number of para-hydroxylation sites is 2. The molecule has 2 aromatic carbocycles. The number of benzene rings is 2. The van der Waals surface area contributed by atoms with Gasteiger partial charge in [0, 0.05) is 37.7 Å². The molecule has 1 fully saturated rings. The van der Waals surface area contributed by atoms with Crippen LogP contribution in [0.25, 0.3) is 0 Å². The molecule has 10 heteroatoms. The van der Waals surface area contributed by atoms with E-state index in [1.165, 1.54) is 0 Å². The second-order valence-corrected chi connectivity index (χ2v) is 8.14. The molecule has 164 valence electrons. The Morgan fingerprint density at radius 3 is 2.66 bits per heavy atom. The van der Waals surface area contributed by atoms with Crippen molar-refractivity contribution in [3.8, 4) is 11.5 Å². The molecular weight excluding hydrogens is 430 g/mol. The van der Waals surface area contributed by atoms with Gasteiger partial charge in [0.1, 0.15) is 17.3 Å². The maximum atomic E-state index is 11.2. The number of nitrogens with two attached hydrogens (primary N) is 1. The predicted molar refractivity (Wildman–Crippen MR) is 121 cm³/mol. The Bertz CT molecular complexity index is 1180. The van der Waals surface area contributed by atoms with Crippen molar-refractivity contribution in [1.82, 2.24) is 24.8 Å². The zero-order valence-electron chi connectivity index (χ0n) is 17.3. The number of rotatable bonds is 4. The molecule has 2 N–H and O–H groups in total. The Morgan fingerprint density at radius 1 is 1.06 bits per heavy atom. The van der Waals surface area contributed by atoms with Gasteiger partial charge in [0.2, 0.25) is 0 Å². The number of primary amides is 1. The summed E-state index contributed by atoms with van der Waals surface area (Å²) < 4.78 is 7.79. The van der Waals surface area contributed by atoms with Crippen LogP contribution < -0.4 is 10.5 Å². The van der Waals surface area contributed by atoms with Crippen LogP contribution in [0, 0.1) is 0 Å². The van der Waals surface area contributed by atoms with Crippen molar-refractivity contribution in [3.05, 3.63) is 64.9 Å². The van der Waals surface area contributed by atoms with Crippen LogP contribution in [0.2, 0.25) is 5.02 Å². The van der Waals surface area contributed by atoms with Crippen molar-refractivity contribution in [2.75, 3.05) is 32.7 Å². The number of amidine groups is 1. The molecule has 3 heterocycles. The fourth-order valence-electron chi connectivity index (χ4n) is 3.88. The summed E-state index contributed by atoms with van der Waals surface area (Å²) in [5.41, 5.74) is 7.11. The van der Waals surface area contributed by atoms with Crippen LogP contribution in [-0.2, 0) is 6.54 Å². The summed E-state index contributed by atoms with van der Waals surface area (Å²) in [4.78, 5) is 20.8. The van der Waals surface area contributed by atoms with Crippen molar-refractivity contribution in [2.45, 2.75) is 6.54 Å². The molecule has 0 radical (unpaired) electrons. The lowest BCUT2D eigenvalue weighted by Crippen LogP contribution is -2.49. The first kappa shape index (κ1) is 20.5. The normalized spacial score (nSPS) is 15.9. The van der Waals surface area contributed by atoms with Gasteiger partial charge < -0.3 is 15.4 Å². The highest BCUT2D eigenvalue weighted by atomic mass is 35.5. The van der Waals surface area contributed by atoms with Gasteiger partial charge in [-0.2, -0.15) is 0 Å². The molecule has 2 aliphatic rings. The van der Waals surface area contributed by atoms with Crippen LogP contribution in [-0.4, -0.2) is 69.3 Å². The molecule has 1 aromatic heterocycles. The second-order valence-electron chi connectivity index (χ2n) is 7.71. The molecule has 0 atom stereocenters. The van der Waals surface area contributed by atoms with E-state index in [1.54, 1.807) is 10.9 Å².